The molecule has 0 aromatic heterocycles. The van der Waals surface area contributed by atoms with E-state index in [4.69, 9.17) is 4.74 Å². The third kappa shape index (κ3) is 4.58. The number of nitrogens with one attached hydrogen (secondary N) is 1. The predicted molar refractivity (Wildman–Crippen MR) is 109 cm³/mol. The van der Waals surface area contributed by atoms with Crippen LogP contribution in [0.3, 0.4) is 0 Å². The van der Waals surface area contributed by atoms with E-state index in [1.807, 2.05) is 31.2 Å². The van der Waals surface area contributed by atoms with Crippen molar-refractivity contribution >= 4 is 27.3 Å². The zero-order valence-electron chi connectivity index (χ0n) is 16.0. The topological polar surface area (TPSA) is 88.1 Å². The van der Waals surface area contributed by atoms with E-state index >= 15 is 0 Å². The Hall–Kier alpha value is -2.71. The fourth-order valence-corrected chi connectivity index (χ4v) is 3.82. The molecule has 8 heteroatoms. The van der Waals surface area contributed by atoms with Crippen LogP contribution < -0.4 is 4.72 Å². The highest BCUT2D eigenvalue weighted by atomic mass is 32.2. The average Bonchev–Trinajstić information content (AvgIpc) is 3.07. The number of carbonyl (C=O) groups excluding carboxylic acids is 1. The number of amides is 1. The molecular formula is C20H23N3O4S. The van der Waals surface area contributed by atoms with Gasteiger partial charge in [0.2, 0.25) is 10.0 Å². The Morgan fingerprint density at radius 1 is 1.21 bits per heavy atom. The van der Waals surface area contributed by atoms with Gasteiger partial charge in [0.05, 0.1) is 18.0 Å². The summed E-state index contributed by atoms with van der Waals surface area (Å²) < 4.78 is 30.2. The van der Waals surface area contributed by atoms with E-state index in [0.29, 0.717) is 12.1 Å². The summed E-state index contributed by atoms with van der Waals surface area (Å²) in [7, 11) is -1.85. The third-order valence-corrected chi connectivity index (χ3v) is 5.11. The molecule has 7 nitrogen and oxygen atoms in total. The minimum absolute atomic E-state index is 0.0453. The lowest BCUT2D eigenvalue weighted by Crippen LogP contribution is -2.30. The standard InChI is InChI=1S/C20H23N3O4S/c1-14-6-4-5-7-17(14)19-12-18(21-23(19)20(24)13-27-2)15-8-10-16(11-9-15)22-28(3,25)26/h4-11,19,22H,12-13H2,1-3H3. The van der Waals surface area contributed by atoms with E-state index in [1.165, 1.54) is 12.1 Å². The molecule has 1 heterocycles. The molecule has 0 aliphatic carbocycles. The van der Waals surface area contributed by atoms with Crippen LogP contribution in [0.25, 0.3) is 0 Å². The summed E-state index contributed by atoms with van der Waals surface area (Å²) in [6, 6.07) is 14.7. The minimum Gasteiger partial charge on any atom is -0.375 e. The molecule has 3 rings (SSSR count). The van der Waals surface area contributed by atoms with Gasteiger partial charge in [-0.3, -0.25) is 9.52 Å². The van der Waals surface area contributed by atoms with Crippen molar-refractivity contribution < 1.29 is 17.9 Å². The summed E-state index contributed by atoms with van der Waals surface area (Å²) in [4.78, 5) is 12.5. The summed E-state index contributed by atoms with van der Waals surface area (Å²) in [6.45, 7) is 1.97. The van der Waals surface area contributed by atoms with Gasteiger partial charge in [-0.15, -0.1) is 0 Å². The third-order valence-electron chi connectivity index (χ3n) is 4.50. The van der Waals surface area contributed by atoms with E-state index < -0.39 is 10.0 Å². The normalized spacial score (nSPS) is 16.8. The van der Waals surface area contributed by atoms with Crippen LogP contribution in [0.1, 0.15) is 29.2 Å². The number of aryl methyl sites for hydroxylation is 1. The van der Waals surface area contributed by atoms with Crippen LogP contribution in [0.15, 0.2) is 53.6 Å². The SMILES string of the molecule is COCC(=O)N1N=C(c2ccc(NS(C)(=O)=O)cc2)CC1c1ccccc1C. The molecule has 28 heavy (non-hydrogen) atoms. The van der Waals surface area contributed by atoms with Crippen LogP contribution in [0, 0.1) is 6.92 Å². The second kappa shape index (κ2) is 8.12. The Morgan fingerprint density at radius 2 is 1.89 bits per heavy atom. The van der Waals surface area contributed by atoms with Gasteiger partial charge < -0.3 is 4.74 Å². The number of ether oxygens (including phenoxy) is 1. The van der Waals surface area contributed by atoms with Gasteiger partial charge in [0.25, 0.3) is 5.91 Å². The largest absolute Gasteiger partial charge is 0.375 e. The smallest absolute Gasteiger partial charge is 0.269 e. The van der Waals surface area contributed by atoms with Crippen molar-refractivity contribution in [3.05, 3.63) is 65.2 Å². The van der Waals surface area contributed by atoms with E-state index in [2.05, 4.69) is 9.82 Å². The Balaban J connectivity index is 1.90. The number of hydrogen-bond acceptors (Lipinski definition) is 5. The number of nitrogens with zero attached hydrogens (tertiary/aromatic N) is 2. The van der Waals surface area contributed by atoms with Gasteiger partial charge in [-0.05, 0) is 35.7 Å². The van der Waals surface area contributed by atoms with Gasteiger partial charge in [0, 0.05) is 19.2 Å². The first-order chi connectivity index (χ1) is 13.3. The molecule has 2 aromatic carbocycles. The number of anilines is 1. The van der Waals surface area contributed by atoms with Crippen LogP contribution in [-0.4, -0.2) is 45.0 Å². The molecule has 0 fully saturated rings. The van der Waals surface area contributed by atoms with Gasteiger partial charge in [0.15, 0.2) is 0 Å². The maximum Gasteiger partial charge on any atom is 0.269 e. The van der Waals surface area contributed by atoms with Crippen molar-refractivity contribution in [1.29, 1.82) is 0 Å². The van der Waals surface area contributed by atoms with Gasteiger partial charge in [-0.25, -0.2) is 13.4 Å². The first-order valence-electron chi connectivity index (χ1n) is 8.80. The number of rotatable bonds is 6. The molecule has 1 atom stereocenters. The molecule has 0 bridgehead atoms. The molecule has 1 amide bonds. The molecule has 0 radical (unpaired) electrons. The molecule has 148 valence electrons. The Labute approximate surface area is 165 Å². The maximum absolute atomic E-state index is 12.5. The molecule has 1 N–H and O–H groups in total. The number of methoxy groups -OCH3 is 1. The fraction of sp³-hybridized carbons (Fsp3) is 0.300. The Morgan fingerprint density at radius 3 is 2.50 bits per heavy atom. The van der Waals surface area contributed by atoms with Gasteiger partial charge >= 0.3 is 0 Å². The van der Waals surface area contributed by atoms with Crippen LogP contribution in [0.2, 0.25) is 0 Å². The van der Waals surface area contributed by atoms with Crippen molar-refractivity contribution in [3.8, 4) is 0 Å². The van der Waals surface area contributed by atoms with E-state index in [0.717, 1.165) is 28.7 Å². The molecular weight excluding hydrogens is 378 g/mol. The summed E-state index contributed by atoms with van der Waals surface area (Å²) in [6.07, 6.45) is 1.67. The lowest BCUT2D eigenvalue weighted by molar-refractivity contribution is -0.137. The van der Waals surface area contributed by atoms with E-state index in [-0.39, 0.29) is 18.6 Å². The number of carbonyl (C=O) groups is 1. The first kappa shape index (κ1) is 20.0. The maximum atomic E-state index is 12.5. The highest BCUT2D eigenvalue weighted by Crippen LogP contribution is 2.34. The molecule has 1 aliphatic rings. The predicted octanol–water partition coefficient (Wildman–Crippen LogP) is 2.69. The Bertz CT molecular complexity index is 1000. The number of benzene rings is 2. The Kier molecular flexibility index (Phi) is 5.81. The van der Waals surface area contributed by atoms with Crippen molar-refractivity contribution in [2.24, 2.45) is 5.10 Å². The highest BCUT2D eigenvalue weighted by Gasteiger charge is 2.33. The molecule has 0 spiro atoms. The monoisotopic (exact) mass is 401 g/mol. The fourth-order valence-electron chi connectivity index (χ4n) is 3.25. The van der Waals surface area contributed by atoms with E-state index in [9.17, 15) is 13.2 Å². The summed E-state index contributed by atoms with van der Waals surface area (Å²) >= 11 is 0. The first-order valence-corrected chi connectivity index (χ1v) is 10.7. The van der Waals surface area contributed by atoms with Gasteiger partial charge in [0.1, 0.15) is 6.61 Å². The molecule has 0 saturated heterocycles. The van der Waals surface area contributed by atoms with Crippen LogP contribution in [-0.2, 0) is 19.6 Å². The van der Waals surface area contributed by atoms with E-state index in [1.54, 1.807) is 24.3 Å². The second-order valence-electron chi connectivity index (χ2n) is 6.75. The highest BCUT2D eigenvalue weighted by molar-refractivity contribution is 7.92. The van der Waals surface area contributed by atoms with Crippen LogP contribution in [0.4, 0.5) is 5.69 Å². The quantitative estimate of drug-likeness (QED) is 0.806. The zero-order valence-corrected chi connectivity index (χ0v) is 16.9. The van der Waals surface area contributed by atoms with Crippen molar-refractivity contribution in [2.45, 2.75) is 19.4 Å². The number of sulfonamides is 1. The number of hydrogen-bond donors (Lipinski definition) is 1. The lowest BCUT2D eigenvalue weighted by atomic mass is 9.95. The second-order valence-corrected chi connectivity index (χ2v) is 8.49. The molecule has 0 saturated carbocycles. The van der Waals surface area contributed by atoms with Gasteiger partial charge in [-0.1, -0.05) is 36.4 Å². The van der Waals surface area contributed by atoms with Crippen molar-refractivity contribution in [1.82, 2.24) is 5.01 Å². The van der Waals surface area contributed by atoms with Crippen LogP contribution >= 0.6 is 0 Å². The zero-order chi connectivity index (χ0) is 20.3. The molecule has 1 aliphatic heterocycles. The van der Waals surface area contributed by atoms with Crippen LogP contribution in [0.5, 0.6) is 0 Å². The molecule has 2 aromatic rings. The van der Waals surface area contributed by atoms with Gasteiger partial charge in [-0.2, -0.15) is 5.10 Å². The molecule has 1 unspecified atom stereocenters. The summed E-state index contributed by atoms with van der Waals surface area (Å²) in [5, 5.41) is 6.05. The van der Waals surface area contributed by atoms with Crippen molar-refractivity contribution in [2.75, 3.05) is 24.7 Å². The minimum atomic E-state index is -3.33. The number of hydrazone groups is 1. The summed E-state index contributed by atoms with van der Waals surface area (Å²) in [5.74, 6) is -0.207. The lowest BCUT2D eigenvalue weighted by Gasteiger charge is -2.23. The van der Waals surface area contributed by atoms with Crippen molar-refractivity contribution in [3.63, 3.8) is 0 Å². The average molecular weight is 401 g/mol. The summed E-state index contributed by atoms with van der Waals surface area (Å²) in [5.41, 5.74) is 4.22.